The molecule has 18 heavy (non-hydrogen) atoms. The van der Waals surface area contributed by atoms with Gasteiger partial charge in [-0.05, 0) is 58.7 Å². The topological polar surface area (TPSA) is 38.0 Å². The third-order valence-corrected chi connectivity index (χ3v) is 3.83. The zero-order chi connectivity index (χ0) is 13.3. The molecule has 0 unspecified atom stereocenters. The molecule has 0 aliphatic rings. The Morgan fingerprint density at radius 2 is 1.83 bits per heavy atom. The second-order valence-electron chi connectivity index (χ2n) is 3.94. The second kappa shape index (κ2) is 5.39. The third-order valence-electron chi connectivity index (χ3n) is 2.53. The van der Waals surface area contributed by atoms with Crippen molar-refractivity contribution < 1.29 is 0 Å². The predicted octanol–water partition coefficient (Wildman–Crippen LogP) is 5.39. The van der Waals surface area contributed by atoms with Crippen molar-refractivity contribution in [1.82, 2.24) is 0 Å². The van der Waals surface area contributed by atoms with Crippen molar-refractivity contribution in [3.63, 3.8) is 0 Å². The van der Waals surface area contributed by atoms with Gasteiger partial charge in [0.05, 0.1) is 17.1 Å². The van der Waals surface area contributed by atoms with Gasteiger partial charge in [-0.15, -0.1) is 0 Å². The highest BCUT2D eigenvalue weighted by atomic mass is 79.9. The largest absolute Gasteiger partial charge is 0.397 e. The van der Waals surface area contributed by atoms with Gasteiger partial charge in [0.25, 0.3) is 0 Å². The Bertz CT molecular complexity index is 600. The van der Waals surface area contributed by atoms with Crippen molar-refractivity contribution in [1.29, 1.82) is 0 Å². The lowest BCUT2D eigenvalue weighted by Gasteiger charge is -2.12. The van der Waals surface area contributed by atoms with Crippen molar-refractivity contribution in [2.75, 3.05) is 11.1 Å². The molecule has 0 saturated carbocycles. The van der Waals surface area contributed by atoms with Crippen LogP contribution in [0.3, 0.4) is 0 Å². The molecule has 0 spiro atoms. The van der Waals surface area contributed by atoms with Gasteiger partial charge in [0.2, 0.25) is 0 Å². The fraction of sp³-hybridized carbons (Fsp3) is 0.0769. The van der Waals surface area contributed by atoms with Gasteiger partial charge in [-0.3, -0.25) is 0 Å². The van der Waals surface area contributed by atoms with Gasteiger partial charge in [0, 0.05) is 14.5 Å². The maximum Gasteiger partial charge on any atom is 0.0619 e. The minimum absolute atomic E-state index is 0.589. The Morgan fingerprint density at radius 3 is 2.50 bits per heavy atom. The van der Waals surface area contributed by atoms with Crippen molar-refractivity contribution in [3.8, 4) is 0 Å². The van der Waals surface area contributed by atoms with Crippen LogP contribution in [0.4, 0.5) is 17.1 Å². The van der Waals surface area contributed by atoms with Crippen LogP contribution in [0.1, 0.15) is 5.56 Å². The first-order valence-electron chi connectivity index (χ1n) is 5.25. The zero-order valence-corrected chi connectivity index (χ0v) is 12.7. The lowest BCUT2D eigenvalue weighted by atomic mass is 10.2. The number of benzene rings is 2. The normalized spacial score (nSPS) is 10.4. The molecule has 0 fully saturated rings. The number of halogens is 3. The van der Waals surface area contributed by atoms with Gasteiger partial charge in [-0.25, -0.2) is 0 Å². The number of hydrogen-bond acceptors (Lipinski definition) is 2. The zero-order valence-electron chi connectivity index (χ0n) is 9.60. The van der Waals surface area contributed by atoms with Crippen LogP contribution in [0.25, 0.3) is 0 Å². The smallest absolute Gasteiger partial charge is 0.0619 e. The molecule has 94 valence electrons. The monoisotopic (exact) mass is 344 g/mol. The van der Waals surface area contributed by atoms with E-state index in [-0.39, 0.29) is 0 Å². The average molecular weight is 346 g/mol. The summed E-state index contributed by atoms with van der Waals surface area (Å²) in [6, 6.07) is 9.13. The molecule has 2 aromatic rings. The predicted molar refractivity (Wildman–Crippen MR) is 83.0 cm³/mol. The summed E-state index contributed by atoms with van der Waals surface area (Å²) in [6.45, 7) is 1.95. The number of aryl methyl sites for hydroxylation is 1. The molecular weight excluding hydrogens is 335 g/mol. The quantitative estimate of drug-likeness (QED) is 0.716. The summed E-state index contributed by atoms with van der Waals surface area (Å²) < 4.78 is 0.929. The number of nitrogen functional groups attached to an aromatic ring is 1. The van der Waals surface area contributed by atoms with E-state index in [0.717, 1.165) is 21.4 Å². The molecule has 2 aromatic carbocycles. The van der Waals surface area contributed by atoms with E-state index in [9.17, 15) is 0 Å². The Labute approximate surface area is 124 Å². The molecule has 0 aliphatic carbocycles. The Balaban J connectivity index is 2.37. The maximum atomic E-state index is 6.10. The van der Waals surface area contributed by atoms with E-state index in [4.69, 9.17) is 28.9 Å². The molecule has 0 bridgehead atoms. The molecule has 2 rings (SSSR count). The van der Waals surface area contributed by atoms with E-state index in [1.807, 2.05) is 25.1 Å². The van der Waals surface area contributed by atoms with E-state index in [1.165, 1.54) is 0 Å². The molecule has 0 amide bonds. The molecule has 0 atom stereocenters. The van der Waals surface area contributed by atoms with Gasteiger partial charge >= 0.3 is 0 Å². The van der Waals surface area contributed by atoms with Crippen molar-refractivity contribution in [3.05, 3.63) is 50.4 Å². The van der Waals surface area contributed by atoms with Crippen molar-refractivity contribution >= 4 is 56.2 Å². The average Bonchev–Trinajstić information content (AvgIpc) is 2.29. The van der Waals surface area contributed by atoms with E-state index < -0.39 is 0 Å². The standard InChI is InChI=1S/C13H11BrCl2N2/c1-7-4-9(14)13(6-10(7)16)18-12-3-2-8(15)5-11(12)17/h2-6,18H,17H2,1H3. The van der Waals surface area contributed by atoms with Crippen LogP contribution in [0.5, 0.6) is 0 Å². The Morgan fingerprint density at radius 1 is 1.11 bits per heavy atom. The molecule has 2 nitrogen and oxygen atoms in total. The van der Waals surface area contributed by atoms with Crippen molar-refractivity contribution in [2.45, 2.75) is 6.92 Å². The van der Waals surface area contributed by atoms with Crippen LogP contribution in [-0.2, 0) is 0 Å². The summed E-state index contributed by atoms with van der Waals surface area (Å²) in [5.74, 6) is 0. The fourth-order valence-electron chi connectivity index (χ4n) is 1.53. The summed E-state index contributed by atoms with van der Waals surface area (Å²) in [5, 5.41) is 4.53. The van der Waals surface area contributed by atoms with E-state index in [1.54, 1.807) is 12.1 Å². The van der Waals surface area contributed by atoms with E-state index in [0.29, 0.717) is 15.7 Å². The minimum Gasteiger partial charge on any atom is -0.397 e. The van der Waals surface area contributed by atoms with Gasteiger partial charge in [0.1, 0.15) is 0 Å². The van der Waals surface area contributed by atoms with Gasteiger partial charge < -0.3 is 11.1 Å². The first kappa shape index (κ1) is 13.5. The Kier molecular flexibility index (Phi) is 4.05. The molecular formula is C13H11BrCl2N2. The molecule has 3 N–H and O–H groups in total. The minimum atomic E-state index is 0.589. The molecule has 0 aromatic heterocycles. The lowest BCUT2D eigenvalue weighted by molar-refractivity contribution is 1.43. The van der Waals surface area contributed by atoms with Crippen LogP contribution < -0.4 is 11.1 Å². The summed E-state index contributed by atoms with van der Waals surface area (Å²) in [6.07, 6.45) is 0. The number of hydrogen-bond donors (Lipinski definition) is 2. The molecule has 0 heterocycles. The molecule has 0 saturated heterocycles. The maximum absolute atomic E-state index is 6.10. The highest BCUT2D eigenvalue weighted by Crippen LogP contribution is 2.33. The van der Waals surface area contributed by atoms with Crippen molar-refractivity contribution in [2.24, 2.45) is 0 Å². The van der Waals surface area contributed by atoms with Crippen LogP contribution in [0, 0.1) is 6.92 Å². The molecule has 0 radical (unpaired) electrons. The number of anilines is 3. The molecule has 0 aliphatic heterocycles. The van der Waals surface area contributed by atoms with E-state index >= 15 is 0 Å². The van der Waals surface area contributed by atoms with Crippen LogP contribution >= 0.6 is 39.1 Å². The molecule has 5 heteroatoms. The van der Waals surface area contributed by atoms with Crippen LogP contribution in [0.2, 0.25) is 10.0 Å². The number of nitrogens with one attached hydrogen (secondary N) is 1. The summed E-state index contributed by atoms with van der Waals surface area (Å²) in [5.41, 5.74) is 9.15. The summed E-state index contributed by atoms with van der Waals surface area (Å²) >= 11 is 15.5. The van der Waals surface area contributed by atoms with Crippen LogP contribution in [-0.4, -0.2) is 0 Å². The van der Waals surface area contributed by atoms with Gasteiger partial charge in [0.15, 0.2) is 0 Å². The number of nitrogens with two attached hydrogens (primary N) is 1. The first-order valence-corrected chi connectivity index (χ1v) is 6.80. The van der Waals surface area contributed by atoms with Gasteiger partial charge in [-0.2, -0.15) is 0 Å². The Hall–Kier alpha value is -0.900. The summed E-state index contributed by atoms with van der Waals surface area (Å²) in [7, 11) is 0. The highest BCUT2D eigenvalue weighted by Gasteiger charge is 2.06. The highest BCUT2D eigenvalue weighted by molar-refractivity contribution is 9.10. The lowest BCUT2D eigenvalue weighted by Crippen LogP contribution is -1.97. The summed E-state index contributed by atoms with van der Waals surface area (Å²) in [4.78, 5) is 0. The van der Waals surface area contributed by atoms with E-state index in [2.05, 4.69) is 21.2 Å². The fourth-order valence-corrected chi connectivity index (χ4v) is 2.44. The first-order chi connectivity index (χ1) is 8.47. The van der Waals surface area contributed by atoms with Crippen LogP contribution in [0.15, 0.2) is 34.8 Å². The number of rotatable bonds is 2. The second-order valence-corrected chi connectivity index (χ2v) is 5.64. The SMILES string of the molecule is Cc1cc(Br)c(Nc2ccc(Cl)cc2N)cc1Cl. The third kappa shape index (κ3) is 2.91. The van der Waals surface area contributed by atoms with Gasteiger partial charge in [-0.1, -0.05) is 23.2 Å².